The molecule has 0 radical (unpaired) electrons. The Labute approximate surface area is 199 Å². The van der Waals surface area contributed by atoms with Crippen LogP contribution in [0.4, 0.5) is 0 Å². The molecule has 176 valence electrons. The number of aromatic nitrogens is 1. The van der Waals surface area contributed by atoms with Gasteiger partial charge in [0, 0.05) is 43.9 Å². The summed E-state index contributed by atoms with van der Waals surface area (Å²) in [6.45, 7) is 1.92. The number of hydrogen-bond donors (Lipinski definition) is 0. The molecule has 0 bridgehead atoms. The van der Waals surface area contributed by atoms with Crippen LogP contribution in [-0.2, 0) is 32.2 Å². The van der Waals surface area contributed by atoms with Crippen LogP contribution in [0.3, 0.4) is 0 Å². The van der Waals surface area contributed by atoms with Gasteiger partial charge in [0.2, 0.25) is 9.84 Å². The number of aryl methyl sites for hydroxylation is 1. The number of nitrogens with zero attached hydrogens (tertiary/aromatic N) is 2. The van der Waals surface area contributed by atoms with Gasteiger partial charge >= 0.3 is 0 Å². The van der Waals surface area contributed by atoms with Crippen LogP contribution >= 0.6 is 0 Å². The van der Waals surface area contributed by atoms with Crippen LogP contribution in [0, 0.1) is 0 Å². The van der Waals surface area contributed by atoms with E-state index in [1.807, 2.05) is 12.1 Å². The van der Waals surface area contributed by atoms with Crippen LogP contribution < -0.4 is 0 Å². The molecule has 1 fully saturated rings. The van der Waals surface area contributed by atoms with Gasteiger partial charge in [-0.05, 0) is 53.9 Å². The zero-order valence-electron chi connectivity index (χ0n) is 18.7. The van der Waals surface area contributed by atoms with Gasteiger partial charge in [-0.25, -0.2) is 8.42 Å². The summed E-state index contributed by atoms with van der Waals surface area (Å²) in [6.07, 6.45) is 4.70. The summed E-state index contributed by atoms with van der Waals surface area (Å²) in [7, 11) is -3.80. The van der Waals surface area contributed by atoms with Crippen LogP contribution in [0.5, 0.6) is 0 Å². The fourth-order valence-electron chi connectivity index (χ4n) is 3.81. The first-order chi connectivity index (χ1) is 16.4. The molecule has 0 aliphatic carbocycles. The van der Waals surface area contributed by atoms with Crippen LogP contribution in [0.1, 0.15) is 27.9 Å². The number of amides is 1. The van der Waals surface area contributed by atoms with Crippen molar-refractivity contribution < 1.29 is 22.7 Å². The molecule has 0 saturated carbocycles. The first-order valence-electron chi connectivity index (χ1n) is 11.2. The summed E-state index contributed by atoms with van der Waals surface area (Å²) in [4.78, 5) is 31.0. The Balaban J connectivity index is 1.42. The maximum atomic E-state index is 13.2. The van der Waals surface area contributed by atoms with Gasteiger partial charge in [0.1, 0.15) is 5.78 Å². The van der Waals surface area contributed by atoms with Crippen molar-refractivity contribution in [2.24, 2.45) is 0 Å². The zero-order valence-corrected chi connectivity index (χ0v) is 19.5. The van der Waals surface area contributed by atoms with Gasteiger partial charge < -0.3 is 9.64 Å². The Morgan fingerprint density at radius 1 is 0.912 bits per heavy atom. The average molecular weight is 479 g/mol. The molecule has 1 saturated heterocycles. The average Bonchev–Trinajstić information content (AvgIpc) is 2.88. The van der Waals surface area contributed by atoms with Gasteiger partial charge in [0.05, 0.1) is 23.0 Å². The molecule has 4 rings (SSSR count). The molecule has 0 spiro atoms. The lowest BCUT2D eigenvalue weighted by molar-refractivity contribution is -0.118. The van der Waals surface area contributed by atoms with E-state index in [0.717, 1.165) is 11.1 Å². The quantitative estimate of drug-likeness (QED) is 0.494. The SMILES string of the molecule is O=C(CCc1cccnc1)Cc1ccc(S(=O)(=O)c2cccc(C(=O)N3CCOCC3)c2)cc1. The van der Waals surface area contributed by atoms with E-state index in [4.69, 9.17) is 4.74 Å². The molecular formula is C26H26N2O5S. The predicted molar refractivity (Wildman–Crippen MR) is 126 cm³/mol. The minimum atomic E-state index is -3.80. The highest BCUT2D eigenvalue weighted by molar-refractivity contribution is 7.91. The van der Waals surface area contributed by atoms with E-state index < -0.39 is 9.84 Å². The second-order valence-electron chi connectivity index (χ2n) is 8.16. The van der Waals surface area contributed by atoms with Gasteiger partial charge in [-0.3, -0.25) is 14.6 Å². The number of ether oxygens (including phenoxy) is 1. The summed E-state index contributed by atoms with van der Waals surface area (Å²) < 4.78 is 31.6. The van der Waals surface area contributed by atoms with Gasteiger partial charge in [0.25, 0.3) is 5.91 Å². The van der Waals surface area contributed by atoms with Crippen LogP contribution in [0.2, 0.25) is 0 Å². The molecule has 7 nitrogen and oxygen atoms in total. The number of carbonyl (C=O) groups excluding carboxylic acids is 2. The number of benzene rings is 2. The van der Waals surface area contributed by atoms with E-state index in [0.29, 0.717) is 44.7 Å². The molecule has 0 unspecified atom stereocenters. The third-order valence-electron chi connectivity index (χ3n) is 5.74. The third-order valence-corrected chi connectivity index (χ3v) is 7.51. The Kier molecular flexibility index (Phi) is 7.49. The molecule has 1 aliphatic heterocycles. The lowest BCUT2D eigenvalue weighted by atomic mass is 10.0. The molecule has 0 N–H and O–H groups in total. The molecular weight excluding hydrogens is 452 g/mol. The molecule has 2 heterocycles. The number of morpholine rings is 1. The van der Waals surface area contributed by atoms with Crippen LogP contribution in [-0.4, -0.2) is 56.3 Å². The number of ketones is 1. The van der Waals surface area contributed by atoms with Crippen molar-refractivity contribution in [1.82, 2.24) is 9.88 Å². The molecule has 34 heavy (non-hydrogen) atoms. The Bertz CT molecular complexity index is 1250. The van der Waals surface area contributed by atoms with Crippen molar-refractivity contribution >= 4 is 21.5 Å². The van der Waals surface area contributed by atoms with Gasteiger partial charge in [-0.15, -0.1) is 0 Å². The topological polar surface area (TPSA) is 93.6 Å². The normalized spacial score (nSPS) is 14.1. The maximum absolute atomic E-state index is 13.2. The highest BCUT2D eigenvalue weighted by Crippen LogP contribution is 2.23. The minimum Gasteiger partial charge on any atom is -0.378 e. The van der Waals surface area contributed by atoms with Crippen molar-refractivity contribution in [3.63, 3.8) is 0 Å². The fourth-order valence-corrected chi connectivity index (χ4v) is 5.12. The van der Waals surface area contributed by atoms with E-state index >= 15 is 0 Å². The Hall–Kier alpha value is -3.36. The molecule has 3 aromatic rings. The maximum Gasteiger partial charge on any atom is 0.254 e. The number of rotatable bonds is 8. The number of hydrogen-bond acceptors (Lipinski definition) is 6. The van der Waals surface area contributed by atoms with E-state index in [1.165, 1.54) is 24.3 Å². The van der Waals surface area contributed by atoms with E-state index in [1.54, 1.807) is 41.6 Å². The van der Waals surface area contributed by atoms with Crippen LogP contribution in [0.15, 0.2) is 82.8 Å². The second kappa shape index (κ2) is 10.7. The van der Waals surface area contributed by atoms with Crippen molar-refractivity contribution in [2.45, 2.75) is 29.1 Å². The van der Waals surface area contributed by atoms with E-state index in [9.17, 15) is 18.0 Å². The molecule has 2 aromatic carbocycles. The Morgan fingerprint density at radius 3 is 2.38 bits per heavy atom. The molecule has 1 aliphatic rings. The van der Waals surface area contributed by atoms with Crippen molar-refractivity contribution in [3.8, 4) is 0 Å². The minimum absolute atomic E-state index is 0.0620. The largest absolute Gasteiger partial charge is 0.378 e. The summed E-state index contributed by atoms with van der Waals surface area (Å²) in [5.41, 5.74) is 2.09. The fraction of sp³-hybridized carbons (Fsp3) is 0.269. The molecule has 1 aromatic heterocycles. The van der Waals surface area contributed by atoms with Gasteiger partial charge in [-0.2, -0.15) is 0 Å². The number of pyridine rings is 1. The monoisotopic (exact) mass is 478 g/mol. The number of Topliss-reactive ketones (excluding diaryl/α,β-unsaturated/α-hetero) is 1. The summed E-state index contributed by atoms with van der Waals surface area (Å²) in [5, 5.41) is 0. The molecule has 8 heteroatoms. The van der Waals surface area contributed by atoms with Gasteiger partial charge in [0.15, 0.2) is 0 Å². The molecule has 1 amide bonds. The summed E-state index contributed by atoms with van der Waals surface area (Å²) in [6, 6.07) is 16.2. The van der Waals surface area contributed by atoms with Crippen molar-refractivity contribution in [2.75, 3.05) is 26.3 Å². The smallest absolute Gasteiger partial charge is 0.254 e. The standard InChI is InChI=1S/C26H26N2O5S/c29-23(9-6-21-3-2-12-27-19-21)17-20-7-10-24(11-8-20)34(31,32)25-5-1-4-22(18-25)26(30)28-13-15-33-16-14-28/h1-5,7-8,10-12,18-19H,6,9,13-17H2. The Morgan fingerprint density at radius 2 is 1.68 bits per heavy atom. The second-order valence-corrected chi connectivity index (χ2v) is 10.1. The van der Waals surface area contributed by atoms with E-state index in [-0.39, 0.29) is 27.9 Å². The third kappa shape index (κ3) is 5.76. The zero-order chi connectivity index (χ0) is 24.0. The number of sulfone groups is 1. The summed E-state index contributed by atoms with van der Waals surface area (Å²) in [5.74, 6) is -0.130. The summed E-state index contributed by atoms with van der Waals surface area (Å²) >= 11 is 0. The number of carbonyl (C=O) groups is 2. The van der Waals surface area contributed by atoms with Crippen LogP contribution in [0.25, 0.3) is 0 Å². The van der Waals surface area contributed by atoms with E-state index in [2.05, 4.69) is 4.98 Å². The first-order valence-corrected chi connectivity index (χ1v) is 12.6. The van der Waals surface area contributed by atoms with Crippen molar-refractivity contribution in [3.05, 3.63) is 89.7 Å². The predicted octanol–water partition coefficient (Wildman–Crippen LogP) is 3.13. The van der Waals surface area contributed by atoms with Crippen molar-refractivity contribution in [1.29, 1.82) is 0 Å². The highest BCUT2D eigenvalue weighted by Gasteiger charge is 2.22. The van der Waals surface area contributed by atoms with Gasteiger partial charge in [-0.1, -0.05) is 24.3 Å². The highest BCUT2D eigenvalue weighted by atomic mass is 32.2. The molecule has 0 atom stereocenters. The first kappa shape index (κ1) is 23.8. The lowest BCUT2D eigenvalue weighted by Crippen LogP contribution is -2.40. The lowest BCUT2D eigenvalue weighted by Gasteiger charge is -2.27.